The quantitative estimate of drug-likeness (QED) is 0.891. The smallest absolute Gasteiger partial charge is 0.0443 e. The highest BCUT2D eigenvalue weighted by Gasteiger charge is 2.36. The zero-order chi connectivity index (χ0) is 14.8. The molecule has 0 saturated carbocycles. The number of piperazine rings is 1. The van der Waals surface area contributed by atoms with E-state index in [-0.39, 0.29) is 0 Å². The number of hydrogen-bond donors (Lipinski definition) is 1. The molecule has 2 rings (SSSR count). The maximum Gasteiger partial charge on any atom is 0.0443 e. The average Bonchev–Trinajstić information content (AvgIpc) is 2.92. The van der Waals surface area contributed by atoms with Crippen LogP contribution in [0.3, 0.4) is 0 Å². The summed E-state index contributed by atoms with van der Waals surface area (Å²) in [6.07, 6.45) is 2.43. The molecule has 1 N–H and O–H groups in total. The third-order valence-corrected chi connectivity index (χ3v) is 5.61. The van der Waals surface area contributed by atoms with Crippen LogP contribution in [0.1, 0.15) is 58.4 Å². The molecule has 3 heteroatoms. The van der Waals surface area contributed by atoms with Crippen molar-refractivity contribution in [1.82, 2.24) is 10.2 Å². The van der Waals surface area contributed by atoms with Crippen molar-refractivity contribution in [2.45, 2.75) is 65.6 Å². The Morgan fingerprint density at radius 3 is 2.65 bits per heavy atom. The molecule has 1 aromatic rings. The summed E-state index contributed by atoms with van der Waals surface area (Å²) in [4.78, 5) is 4.29. The lowest BCUT2D eigenvalue weighted by Crippen LogP contribution is -2.60. The van der Waals surface area contributed by atoms with Crippen molar-refractivity contribution in [2.24, 2.45) is 5.41 Å². The Morgan fingerprint density at radius 1 is 1.40 bits per heavy atom. The number of hydrogen-bond acceptors (Lipinski definition) is 3. The van der Waals surface area contributed by atoms with Gasteiger partial charge in [0.1, 0.15) is 0 Å². The maximum atomic E-state index is 3.78. The minimum absolute atomic E-state index is 0.324. The Kier molecular flexibility index (Phi) is 5.27. The molecule has 1 aromatic heterocycles. The first-order chi connectivity index (χ1) is 9.47. The van der Waals surface area contributed by atoms with E-state index < -0.39 is 0 Å². The normalized spacial score (nSPS) is 26.6. The van der Waals surface area contributed by atoms with Gasteiger partial charge in [-0.25, -0.2) is 0 Å². The second-order valence-corrected chi connectivity index (χ2v) is 8.00. The Morgan fingerprint density at radius 2 is 2.15 bits per heavy atom. The molecule has 0 bridgehead atoms. The molecule has 0 spiro atoms. The summed E-state index contributed by atoms with van der Waals surface area (Å²) >= 11 is 1.91. The number of nitrogens with one attached hydrogen (secondary N) is 1. The maximum absolute atomic E-state index is 3.78. The number of thiophene rings is 1. The van der Waals surface area contributed by atoms with Crippen LogP contribution in [0, 0.1) is 5.41 Å². The van der Waals surface area contributed by atoms with E-state index in [0.29, 0.717) is 23.5 Å². The highest BCUT2D eigenvalue weighted by atomic mass is 32.1. The van der Waals surface area contributed by atoms with Gasteiger partial charge in [0, 0.05) is 36.1 Å². The van der Waals surface area contributed by atoms with Crippen LogP contribution in [0.4, 0.5) is 0 Å². The predicted octanol–water partition coefficient (Wildman–Crippen LogP) is 4.30. The van der Waals surface area contributed by atoms with Crippen LogP contribution in [-0.2, 0) is 0 Å². The Bertz CT molecular complexity index is 394. The first-order valence-corrected chi connectivity index (χ1v) is 8.87. The van der Waals surface area contributed by atoms with Crippen LogP contribution in [0.15, 0.2) is 17.5 Å². The average molecular weight is 295 g/mol. The first-order valence-electron chi connectivity index (χ1n) is 7.99. The molecule has 20 heavy (non-hydrogen) atoms. The molecule has 2 heterocycles. The Labute approximate surface area is 128 Å². The zero-order valence-electron chi connectivity index (χ0n) is 13.6. The second-order valence-electron chi connectivity index (χ2n) is 7.03. The molecule has 1 aliphatic rings. The molecule has 0 aromatic carbocycles. The van der Waals surface area contributed by atoms with Gasteiger partial charge in [-0.15, -0.1) is 11.3 Å². The zero-order valence-corrected chi connectivity index (χ0v) is 14.5. The fraction of sp³-hybridized carbons (Fsp3) is 0.765. The molecule has 0 aliphatic carbocycles. The highest BCUT2D eigenvalue weighted by molar-refractivity contribution is 7.10. The summed E-state index contributed by atoms with van der Waals surface area (Å²) in [7, 11) is 0. The summed E-state index contributed by atoms with van der Waals surface area (Å²) in [5, 5.41) is 5.99. The monoisotopic (exact) mass is 294 g/mol. The third-order valence-electron chi connectivity index (χ3n) is 4.64. The lowest BCUT2D eigenvalue weighted by molar-refractivity contribution is 0.0464. The van der Waals surface area contributed by atoms with E-state index in [1.54, 1.807) is 0 Å². The molecular weight excluding hydrogens is 264 g/mol. The van der Waals surface area contributed by atoms with Crippen molar-refractivity contribution in [3.63, 3.8) is 0 Å². The Hall–Kier alpha value is -0.380. The summed E-state index contributed by atoms with van der Waals surface area (Å²) in [5.74, 6) is 0. The fourth-order valence-corrected chi connectivity index (χ4v) is 4.17. The van der Waals surface area contributed by atoms with Gasteiger partial charge in [-0.1, -0.05) is 40.7 Å². The molecule has 2 nitrogen and oxygen atoms in total. The van der Waals surface area contributed by atoms with Gasteiger partial charge in [-0.05, 0) is 29.7 Å². The minimum Gasteiger partial charge on any atom is -0.311 e. The predicted molar refractivity (Wildman–Crippen MR) is 89.4 cm³/mol. The minimum atomic E-state index is 0.324. The molecule has 0 radical (unpaired) electrons. The van der Waals surface area contributed by atoms with Crippen LogP contribution in [0.5, 0.6) is 0 Å². The van der Waals surface area contributed by atoms with Gasteiger partial charge in [0.2, 0.25) is 0 Å². The van der Waals surface area contributed by atoms with Crippen molar-refractivity contribution >= 4 is 11.3 Å². The van der Waals surface area contributed by atoms with Crippen molar-refractivity contribution in [2.75, 3.05) is 13.1 Å². The van der Waals surface area contributed by atoms with Gasteiger partial charge in [0.05, 0.1) is 0 Å². The molecule has 1 aliphatic heterocycles. The first kappa shape index (κ1) is 16.0. The van der Waals surface area contributed by atoms with E-state index in [4.69, 9.17) is 0 Å². The second kappa shape index (κ2) is 6.59. The Balaban J connectivity index is 2.20. The van der Waals surface area contributed by atoms with Crippen LogP contribution in [-0.4, -0.2) is 30.1 Å². The van der Waals surface area contributed by atoms with Crippen LogP contribution < -0.4 is 5.32 Å². The summed E-state index contributed by atoms with van der Waals surface area (Å²) < 4.78 is 0. The van der Waals surface area contributed by atoms with Gasteiger partial charge in [0.15, 0.2) is 0 Å². The largest absolute Gasteiger partial charge is 0.311 e. The molecule has 114 valence electrons. The van der Waals surface area contributed by atoms with Crippen LogP contribution in [0.2, 0.25) is 0 Å². The number of rotatable bonds is 4. The summed E-state index contributed by atoms with van der Waals surface area (Å²) in [6, 6.07) is 6.33. The highest BCUT2D eigenvalue weighted by Crippen LogP contribution is 2.34. The summed E-state index contributed by atoms with van der Waals surface area (Å²) in [6.45, 7) is 14.0. The van der Waals surface area contributed by atoms with E-state index in [9.17, 15) is 0 Å². The molecule has 1 saturated heterocycles. The lowest BCUT2D eigenvalue weighted by Gasteiger charge is -2.47. The van der Waals surface area contributed by atoms with E-state index in [1.807, 2.05) is 11.3 Å². The van der Waals surface area contributed by atoms with Crippen molar-refractivity contribution in [3.05, 3.63) is 22.4 Å². The van der Waals surface area contributed by atoms with Gasteiger partial charge in [-0.2, -0.15) is 0 Å². The molecule has 3 atom stereocenters. The van der Waals surface area contributed by atoms with Gasteiger partial charge in [-0.3, -0.25) is 4.90 Å². The van der Waals surface area contributed by atoms with E-state index >= 15 is 0 Å². The van der Waals surface area contributed by atoms with E-state index in [0.717, 1.165) is 6.54 Å². The van der Waals surface area contributed by atoms with Crippen LogP contribution >= 0.6 is 11.3 Å². The third kappa shape index (κ3) is 3.44. The fourth-order valence-electron chi connectivity index (χ4n) is 3.24. The number of nitrogens with zero attached hydrogens (tertiary/aromatic N) is 1. The lowest BCUT2D eigenvalue weighted by atomic mass is 9.84. The van der Waals surface area contributed by atoms with E-state index in [2.05, 4.69) is 62.3 Å². The van der Waals surface area contributed by atoms with Crippen molar-refractivity contribution < 1.29 is 0 Å². The van der Waals surface area contributed by atoms with Crippen molar-refractivity contribution in [3.8, 4) is 0 Å². The van der Waals surface area contributed by atoms with Gasteiger partial charge in [0.25, 0.3) is 0 Å². The molecular formula is C17H30N2S. The van der Waals surface area contributed by atoms with E-state index in [1.165, 1.54) is 24.3 Å². The molecule has 3 unspecified atom stereocenters. The SMILES string of the molecule is CCC1CNC(C(C)(C)C)CN1C(CC)c1cccs1. The standard InChI is InChI=1S/C17H30N2S/c1-6-13-11-18-16(17(3,4)5)12-19(13)14(7-2)15-9-8-10-20-15/h8-10,13-14,16,18H,6-7,11-12H2,1-5H3. The summed E-state index contributed by atoms with van der Waals surface area (Å²) in [5.41, 5.74) is 0.324. The van der Waals surface area contributed by atoms with Gasteiger partial charge < -0.3 is 5.32 Å². The van der Waals surface area contributed by atoms with Gasteiger partial charge >= 0.3 is 0 Å². The molecule has 0 amide bonds. The molecule has 1 fully saturated rings. The topological polar surface area (TPSA) is 15.3 Å². The van der Waals surface area contributed by atoms with Crippen molar-refractivity contribution in [1.29, 1.82) is 0 Å². The van der Waals surface area contributed by atoms with Crippen LogP contribution in [0.25, 0.3) is 0 Å².